The van der Waals surface area contributed by atoms with E-state index in [-0.39, 0.29) is 17.9 Å². The summed E-state index contributed by atoms with van der Waals surface area (Å²) in [6.07, 6.45) is 2.51. The van der Waals surface area contributed by atoms with Crippen molar-refractivity contribution in [2.75, 3.05) is 19.6 Å². The van der Waals surface area contributed by atoms with Gasteiger partial charge in [-0.15, -0.1) is 0 Å². The maximum absolute atomic E-state index is 12.8. The quantitative estimate of drug-likeness (QED) is 0.896. The average molecular weight is 366 g/mol. The molecule has 27 heavy (non-hydrogen) atoms. The molecule has 6 heteroatoms. The third-order valence-corrected chi connectivity index (χ3v) is 5.48. The third-order valence-electron chi connectivity index (χ3n) is 5.48. The Hall–Kier alpha value is -2.47. The lowest BCUT2D eigenvalue weighted by molar-refractivity contribution is -0.153. The number of rotatable bonds is 4. The van der Waals surface area contributed by atoms with Crippen LogP contribution < -0.4 is 5.32 Å². The number of nitrogens with one attached hydrogen (secondary N) is 1. The largest absolute Gasteiger partial charge is 0.342 e. The van der Waals surface area contributed by atoms with Crippen LogP contribution in [0.1, 0.15) is 25.8 Å². The average Bonchev–Trinajstić information content (AvgIpc) is 2.66. The topological polar surface area (TPSA) is 65.5 Å². The van der Waals surface area contributed by atoms with Crippen LogP contribution in [0.25, 0.3) is 10.9 Å². The lowest BCUT2D eigenvalue weighted by atomic mass is 9.97. The minimum absolute atomic E-state index is 0.0269. The lowest BCUT2D eigenvalue weighted by Gasteiger charge is -2.45. The molecule has 1 aromatic heterocycles. The summed E-state index contributed by atoms with van der Waals surface area (Å²) in [6.45, 7) is 6.81. The van der Waals surface area contributed by atoms with Crippen molar-refractivity contribution in [1.29, 1.82) is 0 Å². The highest BCUT2D eigenvalue weighted by atomic mass is 16.2. The van der Waals surface area contributed by atoms with Crippen LogP contribution in [0, 0.1) is 5.92 Å². The van der Waals surface area contributed by atoms with Crippen molar-refractivity contribution in [1.82, 2.24) is 20.1 Å². The van der Waals surface area contributed by atoms with Crippen LogP contribution in [-0.4, -0.2) is 58.3 Å². The molecule has 1 N–H and O–H groups in total. The Morgan fingerprint density at radius 1 is 1.19 bits per heavy atom. The summed E-state index contributed by atoms with van der Waals surface area (Å²) in [6, 6.07) is 9.43. The molecule has 3 heterocycles. The molecule has 2 saturated heterocycles. The van der Waals surface area contributed by atoms with Gasteiger partial charge >= 0.3 is 0 Å². The monoisotopic (exact) mass is 366 g/mol. The zero-order valence-corrected chi connectivity index (χ0v) is 15.9. The molecule has 142 valence electrons. The Morgan fingerprint density at radius 3 is 2.81 bits per heavy atom. The van der Waals surface area contributed by atoms with Crippen LogP contribution in [0.5, 0.6) is 0 Å². The lowest BCUT2D eigenvalue weighted by Crippen LogP contribution is -2.69. The Kier molecular flexibility index (Phi) is 4.83. The van der Waals surface area contributed by atoms with Gasteiger partial charge in [-0.3, -0.25) is 19.5 Å². The zero-order valence-electron chi connectivity index (χ0n) is 15.9. The van der Waals surface area contributed by atoms with Gasteiger partial charge in [0.1, 0.15) is 12.1 Å². The highest BCUT2D eigenvalue weighted by molar-refractivity contribution is 5.97. The van der Waals surface area contributed by atoms with E-state index in [2.05, 4.69) is 47.2 Å². The second kappa shape index (κ2) is 7.27. The van der Waals surface area contributed by atoms with Gasteiger partial charge in [0.15, 0.2) is 0 Å². The van der Waals surface area contributed by atoms with Crippen molar-refractivity contribution in [2.45, 2.75) is 38.9 Å². The molecule has 2 atom stereocenters. The van der Waals surface area contributed by atoms with Crippen molar-refractivity contribution in [3.63, 3.8) is 0 Å². The predicted molar refractivity (Wildman–Crippen MR) is 104 cm³/mol. The molecule has 0 saturated carbocycles. The van der Waals surface area contributed by atoms with E-state index in [1.807, 2.05) is 18.3 Å². The zero-order chi connectivity index (χ0) is 19.0. The standard InChI is InChI=1S/C21H26N4O2/c1-14(2)11-17-21(27)25-10-9-24(13-18(25)20(26)23-17)12-16-6-3-5-15-7-4-8-22-19(15)16/h3-8,14,17-18H,9-13H2,1-2H3,(H,23,26)/t17-,18+/m0/s1. The molecule has 6 nitrogen and oxygen atoms in total. The van der Waals surface area contributed by atoms with Crippen LogP contribution in [0.4, 0.5) is 0 Å². The number of fused-ring (bicyclic) bond motifs is 2. The molecule has 0 radical (unpaired) electrons. The first-order chi connectivity index (χ1) is 13.0. The van der Waals surface area contributed by atoms with E-state index in [1.54, 1.807) is 4.90 Å². The van der Waals surface area contributed by atoms with Gasteiger partial charge in [-0.05, 0) is 24.0 Å². The summed E-state index contributed by atoms with van der Waals surface area (Å²) in [4.78, 5) is 33.9. The fourth-order valence-electron chi connectivity index (χ4n) is 4.17. The van der Waals surface area contributed by atoms with Gasteiger partial charge in [-0.25, -0.2) is 0 Å². The fourth-order valence-corrected chi connectivity index (χ4v) is 4.17. The van der Waals surface area contributed by atoms with Crippen LogP contribution in [-0.2, 0) is 16.1 Å². The maximum atomic E-state index is 12.8. The van der Waals surface area contributed by atoms with E-state index >= 15 is 0 Å². The number of piperazine rings is 2. The van der Waals surface area contributed by atoms with Gasteiger partial charge in [0.2, 0.25) is 11.8 Å². The van der Waals surface area contributed by atoms with E-state index in [4.69, 9.17) is 0 Å². The first-order valence-corrected chi connectivity index (χ1v) is 9.69. The summed E-state index contributed by atoms with van der Waals surface area (Å²) >= 11 is 0. The van der Waals surface area contributed by atoms with Crippen LogP contribution >= 0.6 is 0 Å². The van der Waals surface area contributed by atoms with Crippen LogP contribution in [0.2, 0.25) is 0 Å². The van der Waals surface area contributed by atoms with E-state index in [9.17, 15) is 9.59 Å². The van der Waals surface area contributed by atoms with Gasteiger partial charge in [-0.1, -0.05) is 38.1 Å². The van der Waals surface area contributed by atoms with Crippen LogP contribution in [0.15, 0.2) is 36.5 Å². The van der Waals surface area contributed by atoms with Gasteiger partial charge in [0.25, 0.3) is 0 Å². The molecule has 0 aliphatic carbocycles. The molecule has 2 amide bonds. The maximum Gasteiger partial charge on any atom is 0.245 e. The molecule has 2 aromatic rings. The smallest absolute Gasteiger partial charge is 0.245 e. The number of para-hydroxylation sites is 1. The molecular weight excluding hydrogens is 340 g/mol. The Bertz CT molecular complexity index is 861. The molecular formula is C21H26N4O2. The Balaban J connectivity index is 1.48. The first kappa shape index (κ1) is 17.9. The van der Waals surface area contributed by atoms with Crippen molar-refractivity contribution in [2.24, 2.45) is 5.92 Å². The number of aromatic nitrogens is 1. The number of hydrogen-bond donors (Lipinski definition) is 1. The second-order valence-electron chi connectivity index (χ2n) is 7.97. The number of nitrogens with zero attached hydrogens (tertiary/aromatic N) is 3. The Labute approximate surface area is 159 Å². The number of carbonyl (C=O) groups is 2. The van der Waals surface area contributed by atoms with E-state index in [0.717, 1.165) is 29.6 Å². The Morgan fingerprint density at radius 2 is 2.00 bits per heavy atom. The van der Waals surface area contributed by atoms with Gasteiger partial charge in [0.05, 0.1) is 5.52 Å². The van der Waals surface area contributed by atoms with Gasteiger partial charge in [0, 0.05) is 37.8 Å². The van der Waals surface area contributed by atoms with Gasteiger partial charge in [-0.2, -0.15) is 0 Å². The van der Waals surface area contributed by atoms with Crippen molar-refractivity contribution < 1.29 is 9.59 Å². The highest BCUT2D eigenvalue weighted by Crippen LogP contribution is 2.23. The van der Waals surface area contributed by atoms with Gasteiger partial charge < -0.3 is 10.2 Å². The number of benzene rings is 1. The molecule has 0 bridgehead atoms. The minimum atomic E-state index is -0.391. The van der Waals surface area contributed by atoms with Crippen molar-refractivity contribution in [3.05, 3.63) is 42.1 Å². The number of carbonyl (C=O) groups excluding carboxylic acids is 2. The highest BCUT2D eigenvalue weighted by Gasteiger charge is 2.43. The van der Waals surface area contributed by atoms with Crippen molar-refractivity contribution >= 4 is 22.7 Å². The SMILES string of the molecule is CC(C)C[C@@H]1NC(=O)[C@H]2CN(Cc3cccc4cccnc34)CCN2C1=O. The first-order valence-electron chi connectivity index (χ1n) is 9.69. The summed E-state index contributed by atoms with van der Waals surface area (Å²) in [5, 5.41) is 4.06. The van der Waals surface area contributed by atoms with E-state index in [0.29, 0.717) is 25.4 Å². The number of amides is 2. The minimum Gasteiger partial charge on any atom is -0.342 e. The molecule has 2 aliphatic heterocycles. The summed E-state index contributed by atoms with van der Waals surface area (Å²) in [5.41, 5.74) is 2.16. The molecule has 1 aromatic carbocycles. The van der Waals surface area contributed by atoms with Crippen LogP contribution in [0.3, 0.4) is 0 Å². The second-order valence-corrected chi connectivity index (χ2v) is 7.97. The van der Waals surface area contributed by atoms with E-state index < -0.39 is 6.04 Å². The van der Waals surface area contributed by atoms with E-state index in [1.165, 1.54) is 0 Å². The molecule has 4 rings (SSSR count). The molecule has 2 fully saturated rings. The molecule has 2 aliphatic rings. The molecule has 0 unspecified atom stereocenters. The van der Waals surface area contributed by atoms with Crippen molar-refractivity contribution in [3.8, 4) is 0 Å². The summed E-state index contributed by atoms with van der Waals surface area (Å²) < 4.78 is 0. The normalized spacial score (nSPS) is 23.6. The summed E-state index contributed by atoms with van der Waals surface area (Å²) in [5.74, 6) is 0.414. The fraction of sp³-hybridized carbons (Fsp3) is 0.476. The molecule has 0 spiro atoms. The number of hydrogen-bond acceptors (Lipinski definition) is 4. The number of pyridine rings is 1. The predicted octanol–water partition coefficient (Wildman–Crippen LogP) is 1.79. The third kappa shape index (κ3) is 3.54. The summed E-state index contributed by atoms with van der Waals surface area (Å²) in [7, 11) is 0.